The molecule has 0 unspecified atom stereocenters. The van der Waals surface area contributed by atoms with Crippen LogP contribution in [0, 0.1) is 5.92 Å². The molecule has 0 bridgehead atoms. The zero-order chi connectivity index (χ0) is 61.7. The smallest absolute Gasteiger partial charge is 0.137 e. The molecule has 0 radical (unpaired) electrons. The summed E-state index contributed by atoms with van der Waals surface area (Å²) in [7, 11) is 0. The molecule has 7 aromatic carbocycles. The molecule has 2 aliphatic rings. The second-order valence-corrected chi connectivity index (χ2v) is 23.5. The van der Waals surface area contributed by atoms with E-state index in [1.807, 2.05) is 108 Å². The summed E-state index contributed by atoms with van der Waals surface area (Å²) in [5, 5.41) is 0.826. The number of para-hydroxylation sites is 4. The monoisotopic (exact) mass is 973 g/mol. The van der Waals surface area contributed by atoms with Crippen molar-refractivity contribution in [1.29, 1.82) is 0 Å². The Bertz CT molecular complexity index is 4260. The fourth-order valence-corrected chi connectivity index (χ4v) is 10.7. The van der Waals surface area contributed by atoms with Gasteiger partial charge >= 0.3 is 0 Å². The summed E-state index contributed by atoms with van der Waals surface area (Å²) in [5.74, 6) is 0.756. The predicted molar refractivity (Wildman–Crippen MR) is 309 cm³/mol. The molecule has 0 N–H and O–H groups in total. The molecule has 11 rings (SSSR count). The van der Waals surface area contributed by atoms with Crippen molar-refractivity contribution < 1.29 is 21.2 Å². The van der Waals surface area contributed by atoms with Gasteiger partial charge in [-0.25, -0.2) is 4.98 Å². The van der Waals surface area contributed by atoms with Gasteiger partial charge in [0.1, 0.15) is 24.0 Å². The van der Waals surface area contributed by atoms with Crippen LogP contribution in [-0.2, 0) is 28.0 Å². The minimum Gasteiger partial charge on any atom is -0.457 e. The van der Waals surface area contributed by atoms with E-state index < -0.39 is 34.1 Å². The molecule has 0 amide bonds. The van der Waals surface area contributed by atoms with E-state index in [0.29, 0.717) is 72.4 Å². The van der Waals surface area contributed by atoms with E-state index in [1.165, 1.54) is 6.20 Å². The summed E-state index contributed by atoms with van der Waals surface area (Å²) in [5.41, 5.74) is 6.13. The van der Waals surface area contributed by atoms with Crippen LogP contribution in [0.5, 0.6) is 11.5 Å². The van der Waals surface area contributed by atoms with Crippen LogP contribution < -0.4 is 14.5 Å². The fraction of sp³-hybridized carbons (Fsp3) is 0.309. The first kappa shape index (κ1) is 35.9. The number of nitrogens with zero attached hydrogens (tertiary/aromatic N) is 4. The van der Waals surface area contributed by atoms with Crippen LogP contribution in [-0.4, -0.2) is 16.2 Å². The van der Waals surface area contributed by atoms with Gasteiger partial charge in [-0.15, -0.1) is 0 Å². The highest BCUT2D eigenvalue weighted by Gasteiger charge is 2.38. The summed E-state index contributed by atoms with van der Waals surface area (Å²) >= 11 is 0. The summed E-state index contributed by atoms with van der Waals surface area (Å²) in [6, 6.07) is 28.9. The van der Waals surface area contributed by atoms with Crippen LogP contribution in [0.1, 0.15) is 140 Å². The molecule has 370 valence electrons. The van der Waals surface area contributed by atoms with Crippen LogP contribution in [0.25, 0.3) is 49.9 Å². The second-order valence-electron chi connectivity index (χ2n) is 23.5. The third-order valence-corrected chi connectivity index (χ3v) is 14.6. The van der Waals surface area contributed by atoms with Crippen molar-refractivity contribution in [3.63, 3.8) is 0 Å². The summed E-state index contributed by atoms with van der Waals surface area (Å²) < 4.78 is 121. The molecule has 0 atom stereocenters. The van der Waals surface area contributed by atoms with Crippen molar-refractivity contribution in [3.8, 4) is 39.6 Å². The highest BCUT2D eigenvalue weighted by atomic mass is 16.5. The maximum absolute atomic E-state index is 10.3. The second kappa shape index (κ2) is 17.8. The summed E-state index contributed by atoms with van der Waals surface area (Å²) in [6.45, 7) is 24.2. The zero-order valence-corrected chi connectivity index (χ0v) is 44.2. The molecule has 5 nitrogen and oxygen atoms in total. The van der Waals surface area contributed by atoms with Gasteiger partial charge in [-0.3, -0.25) is 4.57 Å². The third-order valence-electron chi connectivity index (χ3n) is 14.6. The number of hydrogen-bond donors (Lipinski definition) is 0. The first-order valence-corrected chi connectivity index (χ1v) is 25.6. The molecule has 1 aliphatic heterocycles. The highest BCUT2D eigenvalue weighted by molar-refractivity contribution is 6.09. The topological polar surface area (TPSA) is 33.5 Å². The number of aromatic nitrogens is 2. The Labute approximate surface area is 451 Å². The molecular formula is C68H72N4O. The van der Waals surface area contributed by atoms with E-state index in [1.54, 1.807) is 48.7 Å². The largest absolute Gasteiger partial charge is 0.457 e. The van der Waals surface area contributed by atoms with Crippen molar-refractivity contribution in [2.75, 3.05) is 16.5 Å². The minimum absolute atomic E-state index is 0.0232. The van der Waals surface area contributed by atoms with Gasteiger partial charge in [0.2, 0.25) is 0 Å². The van der Waals surface area contributed by atoms with Gasteiger partial charge in [0.25, 0.3) is 0 Å². The van der Waals surface area contributed by atoms with Crippen molar-refractivity contribution >= 4 is 44.6 Å². The number of anilines is 4. The standard InChI is InChI=1S/C68H72N4O/c1-44(2)37-45-33-36-69-63(38-45)72-59-24-14-13-21-53(59)54-31-29-50(42-62(54)72)73-49-20-17-19-48(41-49)70-43-71(61-26-16-15-25-60(61)70)64-51(46-27-32-56-58(39-46)68(11,12)35-34-67(56,9)10)22-18-23-55(64)52-30-28-47(65(3,4)5)40-57(52)66(6,7)8/h13-33,36,38-42,44H,34-35,37,43H2,1-12H3/i13D,14D,21D,24D,27D,28D,30D,32D,37D2,39D,40D. The number of pyridine rings is 1. The van der Waals surface area contributed by atoms with E-state index in [2.05, 4.69) is 42.5 Å². The third kappa shape index (κ3) is 8.79. The lowest BCUT2D eigenvalue weighted by atomic mass is 9.63. The highest BCUT2D eigenvalue weighted by Crippen LogP contribution is 2.53. The van der Waals surface area contributed by atoms with Gasteiger partial charge in [-0.05, 0) is 140 Å². The predicted octanol–water partition coefficient (Wildman–Crippen LogP) is 18.7. The zero-order valence-electron chi connectivity index (χ0n) is 56.2. The number of rotatable bonds is 9. The molecule has 0 saturated heterocycles. The van der Waals surface area contributed by atoms with Gasteiger partial charge in [0, 0.05) is 48.7 Å². The molecule has 0 saturated carbocycles. The lowest BCUT2D eigenvalue weighted by molar-refractivity contribution is 0.332. The molecule has 3 heterocycles. The van der Waals surface area contributed by atoms with Crippen LogP contribution in [0.4, 0.5) is 22.7 Å². The number of ether oxygens (including phenoxy) is 1. The van der Waals surface area contributed by atoms with E-state index in [9.17, 15) is 8.22 Å². The van der Waals surface area contributed by atoms with Gasteiger partial charge in [0.05, 0.1) is 41.8 Å². The number of benzene rings is 7. The van der Waals surface area contributed by atoms with Crippen LogP contribution >= 0.6 is 0 Å². The lowest BCUT2D eigenvalue weighted by Crippen LogP contribution is -2.33. The minimum atomic E-state index is -1.73. The van der Waals surface area contributed by atoms with Crippen molar-refractivity contribution in [2.24, 2.45) is 5.92 Å². The Kier molecular flexibility index (Phi) is 8.77. The van der Waals surface area contributed by atoms with Crippen LogP contribution in [0.3, 0.4) is 0 Å². The first-order valence-electron chi connectivity index (χ1n) is 31.6. The quantitative estimate of drug-likeness (QED) is 0.144. The Hall–Kier alpha value is -7.11. The molecule has 5 heteroatoms. The average molecular weight is 973 g/mol. The Balaban J connectivity index is 1.09. The van der Waals surface area contributed by atoms with Gasteiger partial charge < -0.3 is 14.5 Å². The van der Waals surface area contributed by atoms with E-state index >= 15 is 0 Å². The Morgan fingerprint density at radius 2 is 1.36 bits per heavy atom. The maximum atomic E-state index is 10.3. The lowest BCUT2D eigenvalue weighted by Gasteiger charge is -2.42. The van der Waals surface area contributed by atoms with E-state index in [4.69, 9.17) is 13.0 Å². The Morgan fingerprint density at radius 1 is 0.644 bits per heavy atom. The number of fused-ring (bicyclic) bond motifs is 5. The summed E-state index contributed by atoms with van der Waals surface area (Å²) in [4.78, 5) is 8.93. The molecule has 1 aliphatic carbocycles. The first-order chi connectivity index (χ1) is 39.7. The average Bonchev–Trinajstić information content (AvgIpc) is 2.43. The van der Waals surface area contributed by atoms with Gasteiger partial charge in [0.15, 0.2) is 0 Å². The van der Waals surface area contributed by atoms with Crippen molar-refractivity contribution in [1.82, 2.24) is 9.55 Å². The van der Waals surface area contributed by atoms with E-state index in [0.717, 1.165) is 41.0 Å². The molecule has 0 fully saturated rings. The van der Waals surface area contributed by atoms with Gasteiger partial charge in [-0.2, -0.15) is 0 Å². The SMILES string of the molecule is [2H]c1c([2H])c2c(c([2H])c1-c1cccc(-c3c([2H])c([2H])c(C(C)(C)C)c([2H])c3C(C)(C)C)c1N1CN(c3cccc(Oc4ccc5c6c([2H])c([2H])c([2H])c([2H])c6n(-c6cc(C([2H])([2H])C(C)C)ccn6)c5c4)c3)c3ccccc31)C(C)(C)CCC2(C)C. The van der Waals surface area contributed by atoms with Crippen LogP contribution in [0.15, 0.2) is 164 Å². The van der Waals surface area contributed by atoms with E-state index in [-0.39, 0.29) is 78.3 Å². The van der Waals surface area contributed by atoms with Crippen molar-refractivity contribution in [3.05, 3.63) is 192 Å². The molecular weight excluding hydrogens is 889 g/mol. The Morgan fingerprint density at radius 3 is 2.11 bits per heavy atom. The van der Waals surface area contributed by atoms with Gasteiger partial charge in [-0.1, -0.05) is 174 Å². The normalized spacial score (nSPS) is 17.8. The fourth-order valence-electron chi connectivity index (χ4n) is 10.7. The maximum Gasteiger partial charge on any atom is 0.137 e. The number of hydrogen-bond acceptors (Lipinski definition) is 4. The van der Waals surface area contributed by atoms with Crippen molar-refractivity contribution in [2.45, 2.75) is 124 Å². The summed E-state index contributed by atoms with van der Waals surface area (Å²) in [6.07, 6.45) is 1.38. The molecule has 0 spiro atoms. The van der Waals surface area contributed by atoms with Crippen LogP contribution in [0.2, 0.25) is 0 Å². The molecule has 2 aromatic heterocycles. The molecule has 9 aromatic rings. The molecule has 73 heavy (non-hydrogen) atoms.